The van der Waals surface area contributed by atoms with Gasteiger partial charge in [-0.1, -0.05) is 48.5 Å². The summed E-state index contributed by atoms with van der Waals surface area (Å²) in [5.41, 5.74) is 11.4. The Bertz CT molecular complexity index is 1800. The molecule has 0 saturated carbocycles. The van der Waals surface area contributed by atoms with E-state index >= 15 is 0 Å². The number of fused-ring (bicyclic) bond motifs is 1. The number of hydrogen-bond donors (Lipinski definition) is 2. The number of ether oxygens (including phenoxy) is 2. The monoisotopic (exact) mass is 557 g/mol. The van der Waals surface area contributed by atoms with Crippen LogP contribution in [0.4, 0.5) is 11.4 Å². The fourth-order valence-electron chi connectivity index (χ4n) is 4.59. The van der Waals surface area contributed by atoms with Crippen molar-refractivity contribution < 1.29 is 14.3 Å². The molecule has 0 aliphatic rings. The van der Waals surface area contributed by atoms with Crippen LogP contribution in [-0.4, -0.2) is 17.5 Å². The third-order valence-electron chi connectivity index (χ3n) is 6.54. The highest BCUT2D eigenvalue weighted by Gasteiger charge is 2.22. The minimum atomic E-state index is -0.288. The number of carbonyl (C=O) groups is 1. The maximum Gasteiger partial charge on any atom is 0.267 e. The molecule has 0 spiro atoms. The van der Waals surface area contributed by atoms with Gasteiger partial charge in [-0.15, -0.1) is 11.3 Å². The zero-order valence-electron chi connectivity index (χ0n) is 22.3. The molecular weight excluding hydrogens is 530 g/mol. The van der Waals surface area contributed by atoms with Crippen molar-refractivity contribution in [2.45, 2.75) is 6.92 Å². The first-order valence-corrected chi connectivity index (χ1v) is 14.1. The van der Waals surface area contributed by atoms with Crippen LogP contribution in [-0.2, 0) is 0 Å². The third-order valence-corrected chi connectivity index (χ3v) is 7.64. The third kappa shape index (κ3) is 5.62. The lowest BCUT2D eigenvalue weighted by Crippen LogP contribution is -2.11. The highest BCUT2D eigenvalue weighted by molar-refractivity contribution is 7.21. The number of carbonyl (C=O) groups excluding carboxylic acids is 1. The van der Waals surface area contributed by atoms with Crippen LogP contribution in [0.3, 0.4) is 0 Å². The van der Waals surface area contributed by atoms with E-state index in [9.17, 15) is 4.79 Å². The minimum absolute atomic E-state index is 0.288. The summed E-state index contributed by atoms with van der Waals surface area (Å²) in [6, 6.07) is 36.7. The molecule has 0 radical (unpaired) electrons. The molecule has 2 heterocycles. The molecule has 7 heteroatoms. The fraction of sp³-hybridized carbons (Fsp3) is 0.0588. The average molecular weight is 558 g/mol. The van der Waals surface area contributed by atoms with Crippen molar-refractivity contribution >= 4 is 38.8 Å². The predicted molar refractivity (Wildman–Crippen MR) is 167 cm³/mol. The van der Waals surface area contributed by atoms with Crippen LogP contribution >= 0.6 is 11.3 Å². The number of para-hydroxylation sites is 1. The van der Waals surface area contributed by atoms with Crippen molar-refractivity contribution in [1.82, 2.24) is 4.98 Å². The van der Waals surface area contributed by atoms with Gasteiger partial charge in [0.05, 0.1) is 18.0 Å². The SMILES string of the molecule is CCOc1ccc(-c2cc(-c3ccccc3)c3c(N)c(C(=O)Nc4ccc(Oc5ccccc5)cc4)sc3n2)cc1. The van der Waals surface area contributed by atoms with Gasteiger partial charge < -0.3 is 20.5 Å². The Hall–Kier alpha value is -5.14. The van der Waals surface area contributed by atoms with Crippen LogP contribution < -0.4 is 20.5 Å². The van der Waals surface area contributed by atoms with Crippen LogP contribution in [0.5, 0.6) is 17.2 Å². The number of nitrogens with two attached hydrogens (primary N) is 1. The smallest absolute Gasteiger partial charge is 0.267 e. The van der Waals surface area contributed by atoms with Crippen LogP contribution in [0, 0.1) is 0 Å². The molecular formula is C34H27N3O3S. The molecule has 0 atom stereocenters. The molecule has 41 heavy (non-hydrogen) atoms. The van der Waals surface area contributed by atoms with Gasteiger partial charge in [0.15, 0.2) is 0 Å². The van der Waals surface area contributed by atoms with E-state index < -0.39 is 0 Å². The van der Waals surface area contributed by atoms with Crippen molar-refractivity contribution in [2.75, 3.05) is 17.7 Å². The van der Waals surface area contributed by atoms with Gasteiger partial charge >= 0.3 is 0 Å². The lowest BCUT2D eigenvalue weighted by molar-refractivity contribution is 0.103. The molecule has 1 amide bonds. The molecule has 6 rings (SSSR count). The van der Waals surface area contributed by atoms with Gasteiger partial charge in [0, 0.05) is 16.6 Å². The van der Waals surface area contributed by atoms with Crippen molar-refractivity contribution in [3.8, 4) is 39.6 Å². The molecule has 6 aromatic rings. The number of benzene rings is 4. The van der Waals surface area contributed by atoms with E-state index in [2.05, 4.69) is 5.32 Å². The standard InChI is InChI=1S/C34H27N3O3S/c1-2-39-25-17-13-23(14-18-25)29-21-28(22-9-5-3-6-10-22)30-31(35)32(41-34(30)37-29)33(38)36-24-15-19-27(20-16-24)40-26-11-7-4-8-12-26/h3-21H,2,35H2,1H3,(H,36,38). The molecule has 0 saturated heterocycles. The van der Waals surface area contributed by atoms with Gasteiger partial charge in [-0.3, -0.25) is 4.79 Å². The van der Waals surface area contributed by atoms with E-state index in [0.29, 0.717) is 33.4 Å². The highest BCUT2D eigenvalue weighted by Crippen LogP contribution is 2.41. The van der Waals surface area contributed by atoms with Crippen molar-refractivity contribution in [1.29, 1.82) is 0 Å². The van der Waals surface area contributed by atoms with E-state index in [-0.39, 0.29) is 5.91 Å². The number of nitrogens with one attached hydrogen (secondary N) is 1. The molecule has 4 aromatic carbocycles. The second kappa shape index (κ2) is 11.5. The summed E-state index contributed by atoms with van der Waals surface area (Å²) in [5, 5.41) is 3.74. The van der Waals surface area contributed by atoms with Gasteiger partial charge in [0.25, 0.3) is 5.91 Å². The number of thiophene rings is 1. The lowest BCUT2D eigenvalue weighted by Gasteiger charge is -2.10. The van der Waals surface area contributed by atoms with E-state index in [1.807, 2.05) is 110 Å². The van der Waals surface area contributed by atoms with Crippen LogP contribution in [0.25, 0.3) is 32.6 Å². The Kier molecular flexibility index (Phi) is 7.34. The summed E-state index contributed by atoms with van der Waals surface area (Å²) in [6.45, 7) is 2.56. The van der Waals surface area contributed by atoms with Gasteiger partial charge in [0.1, 0.15) is 27.0 Å². The fourth-order valence-corrected chi connectivity index (χ4v) is 5.61. The van der Waals surface area contributed by atoms with Crippen molar-refractivity contribution in [3.63, 3.8) is 0 Å². The zero-order chi connectivity index (χ0) is 28.2. The summed E-state index contributed by atoms with van der Waals surface area (Å²) in [6.07, 6.45) is 0. The molecule has 0 fully saturated rings. The first kappa shape index (κ1) is 26.1. The van der Waals surface area contributed by atoms with Crippen LogP contribution in [0.2, 0.25) is 0 Å². The lowest BCUT2D eigenvalue weighted by atomic mass is 9.99. The van der Waals surface area contributed by atoms with Gasteiger partial charge in [-0.05, 0) is 84.8 Å². The van der Waals surface area contributed by atoms with E-state index in [4.69, 9.17) is 20.2 Å². The topological polar surface area (TPSA) is 86.5 Å². The van der Waals surface area contributed by atoms with E-state index in [0.717, 1.165) is 39.3 Å². The predicted octanol–water partition coefficient (Wildman–Crippen LogP) is 8.66. The first-order valence-electron chi connectivity index (χ1n) is 13.2. The number of amides is 1. The number of aromatic nitrogens is 1. The molecule has 3 N–H and O–H groups in total. The zero-order valence-corrected chi connectivity index (χ0v) is 23.2. The second-order valence-corrected chi connectivity index (χ2v) is 10.3. The second-order valence-electron chi connectivity index (χ2n) is 9.30. The molecule has 0 bridgehead atoms. The number of rotatable bonds is 8. The quantitative estimate of drug-likeness (QED) is 0.196. The van der Waals surface area contributed by atoms with Crippen LogP contribution in [0.1, 0.15) is 16.6 Å². The molecule has 0 aliphatic heterocycles. The Morgan fingerprint density at radius 1 is 0.805 bits per heavy atom. The van der Waals surface area contributed by atoms with E-state index in [1.165, 1.54) is 11.3 Å². The highest BCUT2D eigenvalue weighted by atomic mass is 32.1. The summed E-state index contributed by atoms with van der Waals surface area (Å²) in [5.74, 6) is 1.94. The van der Waals surface area contributed by atoms with Crippen LogP contribution in [0.15, 0.2) is 115 Å². The number of pyridine rings is 1. The summed E-state index contributed by atoms with van der Waals surface area (Å²) in [7, 11) is 0. The molecule has 2 aromatic heterocycles. The van der Waals surface area contributed by atoms with Crippen molar-refractivity contribution in [2.24, 2.45) is 0 Å². The van der Waals surface area contributed by atoms with E-state index in [1.54, 1.807) is 12.1 Å². The normalized spacial score (nSPS) is 10.9. The summed E-state index contributed by atoms with van der Waals surface area (Å²) in [4.78, 5) is 19.5. The molecule has 6 nitrogen and oxygen atoms in total. The Balaban J connectivity index is 1.33. The number of nitrogens with zero attached hydrogens (tertiary/aromatic N) is 1. The van der Waals surface area contributed by atoms with Crippen molar-refractivity contribution in [3.05, 3.63) is 120 Å². The minimum Gasteiger partial charge on any atom is -0.494 e. The molecule has 202 valence electrons. The number of hydrogen-bond acceptors (Lipinski definition) is 6. The largest absolute Gasteiger partial charge is 0.494 e. The summed E-state index contributed by atoms with van der Waals surface area (Å²) < 4.78 is 11.5. The Labute approximate surface area is 242 Å². The maximum absolute atomic E-state index is 13.4. The average Bonchev–Trinajstić information content (AvgIpc) is 3.35. The molecule has 0 unspecified atom stereocenters. The summed E-state index contributed by atoms with van der Waals surface area (Å²) >= 11 is 1.29. The van der Waals surface area contributed by atoms with Gasteiger partial charge in [0.2, 0.25) is 0 Å². The maximum atomic E-state index is 13.4. The Morgan fingerprint density at radius 3 is 2.12 bits per heavy atom. The van der Waals surface area contributed by atoms with Gasteiger partial charge in [-0.2, -0.15) is 0 Å². The van der Waals surface area contributed by atoms with Gasteiger partial charge in [-0.25, -0.2) is 4.98 Å². The Morgan fingerprint density at radius 2 is 1.44 bits per heavy atom. The number of nitrogen functional groups attached to an aromatic ring is 1. The molecule has 0 aliphatic carbocycles. The number of anilines is 2. The first-order chi connectivity index (χ1) is 20.1.